The number of carbonyl (C=O) groups excluding carboxylic acids is 3. The summed E-state index contributed by atoms with van der Waals surface area (Å²) < 4.78 is 12.3. The lowest BCUT2D eigenvalue weighted by molar-refractivity contribution is -0.121. The number of Topliss-reactive ketones (excluding diaryl/α,β-unsaturated/α-hetero) is 2. The first-order chi connectivity index (χ1) is 23.9. The van der Waals surface area contributed by atoms with Crippen LogP contribution in [-0.2, 0) is 43.4 Å². The van der Waals surface area contributed by atoms with Gasteiger partial charge in [0.1, 0.15) is 17.3 Å². The molecule has 49 heavy (non-hydrogen) atoms. The normalized spacial score (nSPS) is 12.8. The Morgan fingerprint density at radius 3 is 2.29 bits per heavy atom. The molecule has 10 nitrogen and oxygen atoms in total. The second kappa shape index (κ2) is 17.8. The number of likely N-dealkylation sites (N-methyl/N-ethyl adjacent to an activating group) is 1. The summed E-state index contributed by atoms with van der Waals surface area (Å²) in [5, 5.41) is 12.4. The van der Waals surface area contributed by atoms with Gasteiger partial charge >= 0.3 is 0 Å². The monoisotopic (exact) mass is 665 g/mol. The van der Waals surface area contributed by atoms with Crippen LogP contribution in [0.4, 0.5) is 5.69 Å². The molecular formula is C39H47N5O5. The van der Waals surface area contributed by atoms with Gasteiger partial charge in [0.2, 0.25) is 5.91 Å². The molecule has 1 aromatic heterocycles. The van der Waals surface area contributed by atoms with Crippen molar-refractivity contribution in [2.45, 2.75) is 71.0 Å². The van der Waals surface area contributed by atoms with Gasteiger partial charge in [-0.25, -0.2) is 4.68 Å². The number of anilines is 1. The second-order valence-corrected chi connectivity index (χ2v) is 12.5. The van der Waals surface area contributed by atoms with Gasteiger partial charge in [-0.15, -0.1) is 5.10 Å². The molecule has 10 heteroatoms. The highest BCUT2D eigenvalue weighted by Crippen LogP contribution is 2.41. The SMILES string of the molecule is CN[C@@H](Cc1ccc(Cn2nnc3c2-c2ccccc2CN(C(=O)CCCCC(=O)CCCOCCOC)c2ccccc2-3)cc1)C(C)=O. The summed E-state index contributed by atoms with van der Waals surface area (Å²) in [5.74, 6) is 0.337. The van der Waals surface area contributed by atoms with Gasteiger partial charge in [0.25, 0.3) is 0 Å². The molecule has 0 saturated carbocycles. The van der Waals surface area contributed by atoms with Gasteiger partial charge < -0.3 is 19.7 Å². The number of carbonyl (C=O) groups is 3. The minimum absolute atomic E-state index is 0.0162. The minimum Gasteiger partial charge on any atom is -0.382 e. The molecule has 1 atom stereocenters. The Kier molecular flexibility index (Phi) is 13.0. The van der Waals surface area contributed by atoms with Crippen LogP contribution in [0, 0.1) is 0 Å². The number of aromatic nitrogens is 3. The van der Waals surface area contributed by atoms with Crippen LogP contribution in [0.3, 0.4) is 0 Å². The fourth-order valence-electron chi connectivity index (χ4n) is 6.26. The average molecular weight is 666 g/mol. The number of amides is 1. The maximum absolute atomic E-state index is 13.8. The molecule has 0 radical (unpaired) electrons. The number of nitrogens with zero attached hydrogens (tertiary/aromatic N) is 4. The first kappa shape index (κ1) is 35.8. The molecule has 2 heterocycles. The molecule has 0 saturated heterocycles. The summed E-state index contributed by atoms with van der Waals surface area (Å²) in [5.41, 5.74) is 7.44. The Labute approximate surface area is 288 Å². The Morgan fingerprint density at radius 1 is 0.837 bits per heavy atom. The summed E-state index contributed by atoms with van der Waals surface area (Å²) in [6.45, 7) is 4.17. The Morgan fingerprint density at radius 2 is 1.53 bits per heavy atom. The Hall–Kier alpha value is -4.51. The molecule has 0 bridgehead atoms. The number of ketones is 2. The molecule has 5 rings (SSSR count). The largest absolute Gasteiger partial charge is 0.382 e. The van der Waals surface area contributed by atoms with Crippen molar-refractivity contribution in [2.75, 3.05) is 38.9 Å². The zero-order valence-corrected chi connectivity index (χ0v) is 28.8. The third kappa shape index (κ3) is 9.35. The van der Waals surface area contributed by atoms with Crippen LogP contribution in [0.1, 0.15) is 62.1 Å². The van der Waals surface area contributed by atoms with E-state index < -0.39 is 0 Å². The summed E-state index contributed by atoms with van der Waals surface area (Å²) in [4.78, 5) is 40.0. The zero-order chi connectivity index (χ0) is 34.6. The van der Waals surface area contributed by atoms with Crippen LogP contribution in [0.15, 0.2) is 72.8 Å². The summed E-state index contributed by atoms with van der Waals surface area (Å²) in [7, 11) is 3.44. The number of benzene rings is 3. The number of unbranched alkanes of at least 4 members (excludes halogenated alkanes) is 1. The van der Waals surface area contributed by atoms with Gasteiger partial charge in [-0.05, 0) is 62.4 Å². The van der Waals surface area contributed by atoms with Gasteiger partial charge in [-0.2, -0.15) is 0 Å². The van der Waals surface area contributed by atoms with Crippen molar-refractivity contribution < 1.29 is 23.9 Å². The standard InChI is InChI=1S/C39H47N5O5/c1-28(45)35(40-2)25-29-18-20-30(21-19-29)26-44-39-33-14-6-4-11-31(33)27-43(36-16-8-7-15-34(36)38(39)41-42-44)37(47)17-9-5-12-32(46)13-10-22-49-24-23-48-3/h4,6-8,11,14-16,18-21,35,40H,5,9-10,12-13,17,22-27H2,1-3H3/t35-/m0/s1. The summed E-state index contributed by atoms with van der Waals surface area (Å²) in [6.07, 6.45) is 3.95. The number of hydrogen-bond donors (Lipinski definition) is 1. The number of nitrogens with one attached hydrogen (secondary N) is 1. The van der Waals surface area contributed by atoms with E-state index in [0.717, 1.165) is 44.9 Å². The van der Waals surface area contributed by atoms with Gasteiger partial charge in [0.05, 0.1) is 43.7 Å². The highest BCUT2D eigenvalue weighted by molar-refractivity contribution is 6.00. The minimum atomic E-state index is -0.208. The molecule has 1 aliphatic heterocycles. The van der Waals surface area contributed by atoms with Crippen LogP contribution < -0.4 is 10.2 Å². The highest BCUT2D eigenvalue weighted by Gasteiger charge is 2.29. The molecule has 4 aromatic rings. The van der Waals surface area contributed by atoms with E-state index in [2.05, 4.69) is 46.9 Å². The first-order valence-corrected chi connectivity index (χ1v) is 17.1. The third-order valence-electron chi connectivity index (χ3n) is 8.99. The number of hydrogen-bond acceptors (Lipinski definition) is 8. The second-order valence-electron chi connectivity index (χ2n) is 12.5. The predicted molar refractivity (Wildman–Crippen MR) is 190 cm³/mol. The zero-order valence-electron chi connectivity index (χ0n) is 28.8. The van der Waals surface area contributed by atoms with Crippen molar-refractivity contribution in [3.05, 3.63) is 89.5 Å². The lowest BCUT2D eigenvalue weighted by Gasteiger charge is -2.28. The van der Waals surface area contributed by atoms with E-state index in [9.17, 15) is 14.4 Å². The Bertz CT molecular complexity index is 1720. The fourth-order valence-corrected chi connectivity index (χ4v) is 6.26. The smallest absolute Gasteiger partial charge is 0.227 e. The van der Waals surface area contributed by atoms with Gasteiger partial charge in [0.15, 0.2) is 0 Å². The highest BCUT2D eigenvalue weighted by atomic mass is 16.5. The van der Waals surface area contributed by atoms with Crippen molar-refractivity contribution in [1.29, 1.82) is 0 Å². The Balaban J connectivity index is 1.30. The number of para-hydroxylation sites is 1. The average Bonchev–Trinajstić information content (AvgIpc) is 3.51. The number of methoxy groups -OCH3 is 1. The molecular weight excluding hydrogens is 618 g/mol. The quantitative estimate of drug-likeness (QED) is 0.133. The molecule has 1 amide bonds. The van der Waals surface area contributed by atoms with Crippen LogP contribution >= 0.6 is 0 Å². The lowest BCUT2D eigenvalue weighted by Crippen LogP contribution is -2.34. The molecule has 1 aliphatic rings. The van der Waals surface area contributed by atoms with Gasteiger partial charge in [-0.1, -0.05) is 71.9 Å². The molecule has 0 unspecified atom stereocenters. The van der Waals surface area contributed by atoms with E-state index in [1.165, 1.54) is 0 Å². The van der Waals surface area contributed by atoms with E-state index in [-0.39, 0.29) is 23.5 Å². The van der Waals surface area contributed by atoms with Crippen molar-refractivity contribution in [3.63, 3.8) is 0 Å². The van der Waals surface area contributed by atoms with Crippen LogP contribution in [0.5, 0.6) is 0 Å². The molecule has 258 valence electrons. The summed E-state index contributed by atoms with van der Waals surface area (Å²) in [6, 6.07) is 24.1. The number of ether oxygens (including phenoxy) is 2. The first-order valence-electron chi connectivity index (χ1n) is 17.1. The molecule has 3 aromatic carbocycles. The number of fused-ring (bicyclic) bond motifs is 5. The van der Waals surface area contributed by atoms with Crippen molar-refractivity contribution in [2.24, 2.45) is 0 Å². The van der Waals surface area contributed by atoms with E-state index in [1.807, 2.05) is 46.0 Å². The van der Waals surface area contributed by atoms with Crippen molar-refractivity contribution in [3.8, 4) is 22.5 Å². The van der Waals surface area contributed by atoms with Crippen molar-refractivity contribution >= 4 is 23.2 Å². The maximum Gasteiger partial charge on any atom is 0.227 e. The van der Waals surface area contributed by atoms with E-state index in [4.69, 9.17) is 14.6 Å². The topological polar surface area (TPSA) is 116 Å². The van der Waals surface area contributed by atoms with Crippen LogP contribution in [0.2, 0.25) is 0 Å². The predicted octanol–water partition coefficient (Wildman–Crippen LogP) is 5.80. The number of rotatable bonds is 18. The molecule has 0 aliphatic carbocycles. The van der Waals surface area contributed by atoms with E-state index in [0.29, 0.717) is 77.9 Å². The van der Waals surface area contributed by atoms with E-state index in [1.54, 1.807) is 21.1 Å². The molecule has 1 N–H and O–H groups in total. The molecule has 0 fully saturated rings. The van der Waals surface area contributed by atoms with Gasteiger partial charge in [0, 0.05) is 44.1 Å². The van der Waals surface area contributed by atoms with Gasteiger partial charge in [-0.3, -0.25) is 14.4 Å². The maximum atomic E-state index is 13.8. The van der Waals surface area contributed by atoms with Crippen molar-refractivity contribution in [1.82, 2.24) is 20.3 Å². The third-order valence-corrected chi connectivity index (χ3v) is 8.99. The summed E-state index contributed by atoms with van der Waals surface area (Å²) >= 11 is 0. The lowest BCUT2D eigenvalue weighted by atomic mass is 9.95. The fraction of sp³-hybridized carbons (Fsp3) is 0.410. The van der Waals surface area contributed by atoms with E-state index >= 15 is 0 Å². The van der Waals surface area contributed by atoms with Crippen LogP contribution in [0.25, 0.3) is 22.5 Å². The van der Waals surface area contributed by atoms with Crippen LogP contribution in [-0.4, -0.2) is 72.5 Å². The molecule has 0 spiro atoms.